The molecule has 1 aliphatic heterocycles. The van der Waals surface area contributed by atoms with Crippen molar-refractivity contribution in [3.05, 3.63) is 77.1 Å². The van der Waals surface area contributed by atoms with Crippen LogP contribution in [-0.2, 0) is 22.3 Å². The van der Waals surface area contributed by atoms with Crippen molar-refractivity contribution in [1.82, 2.24) is 15.3 Å². The third-order valence-corrected chi connectivity index (χ3v) is 6.38. The first kappa shape index (κ1) is 27.1. The Morgan fingerprint density at radius 2 is 1.82 bits per heavy atom. The molecule has 1 amide bonds. The highest BCUT2D eigenvalue weighted by atomic mass is 19.4. The van der Waals surface area contributed by atoms with Gasteiger partial charge in [-0.3, -0.25) is 9.59 Å². The minimum Gasteiger partial charge on any atom is -0.467 e. The second-order valence-electron chi connectivity index (χ2n) is 9.19. The van der Waals surface area contributed by atoms with Crippen LogP contribution in [0, 0.1) is 12.3 Å². The van der Waals surface area contributed by atoms with Crippen LogP contribution in [0.15, 0.2) is 54.9 Å². The molecule has 2 heterocycles. The Balaban J connectivity index is 1.39. The van der Waals surface area contributed by atoms with Crippen molar-refractivity contribution in [2.24, 2.45) is 5.41 Å². The van der Waals surface area contributed by atoms with E-state index in [2.05, 4.69) is 20.6 Å². The molecule has 1 atom stereocenters. The van der Waals surface area contributed by atoms with Gasteiger partial charge in [0.05, 0.1) is 35.9 Å². The van der Waals surface area contributed by atoms with Gasteiger partial charge in [-0.1, -0.05) is 23.8 Å². The number of rotatable bonds is 9. The third kappa shape index (κ3) is 6.28. The number of hydrogen-bond acceptors (Lipinski definition) is 7. The molecule has 3 aromatic rings. The summed E-state index contributed by atoms with van der Waals surface area (Å²) in [5, 5.41) is 5.68. The van der Waals surface area contributed by atoms with Crippen LogP contribution in [0.4, 0.5) is 24.5 Å². The molecule has 0 spiro atoms. The second-order valence-corrected chi connectivity index (χ2v) is 9.19. The molecule has 11 heteroatoms. The van der Waals surface area contributed by atoms with E-state index < -0.39 is 17.2 Å². The van der Waals surface area contributed by atoms with Crippen LogP contribution in [0.2, 0.25) is 0 Å². The molecular formula is C27H27F3N4O4. The molecule has 4 rings (SSSR count). The van der Waals surface area contributed by atoms with Crippen LogP contribution in [0.25, 0.3) is 0 Å². The summed E-state index contributed by atoms with van der Waals surface area (Å²) >= 11 is 0. The van der Waals surface area contributed by atoms with Crippen molar-refractivity contribution < 1.29 is 32.2 Å². The van der Waals surface area contributed by atoms with E-state index in [-0.39, 0.29) is 48.5 Å². The Morgan fingerprint density at radius 1 is 1.11 bits per heavy atom. The first-order chi connectivity index (χ1) is 18.1. The van der Waals surface area contributed by atoms with Crippen molar-refractivity contribution in [3.8, 4) is 6.01 Å². The highest BCUT2D eigenvalue weighted by Gasteiger charge is 2.44. The highest BCUT2D eigenvalue weighted by Crippen LogP contribution is 2.37. The van der Waals surface area contributed by atoms with Gasteiger partial charge in [0, 0.05) is 37.7 Å². The zero-order chi connectivity index (χ0) is 27.3. The number of ether oxygens (including phenoxy) is 2. The van der Waals surface area contributed by atoms with Crippen molar-refractivity contribution >= 4 is 23.1 Å². The second kappa shape index (κ2) is 11.2. The van der Waals surface area contributed by atoms with E-state index in [1.54, 1.807) is 37.3 Å². The van der Waals surface area contributed by atoms with E-state index in [9.17, 15) is 22.8 Å². The van der Waals surface area contributed by atoms with Crippen LogP contribution in [0.3, 0.4) is 0 Å². The van der Waals surface area contributed by atoms with Gasteiger partial charge in [0.25, 0.3) is 0 Å². The number of aromatic nitrogens is 2. The van der Waals surface area contributed by atoms with E-state index in [0.29, 0.717) is 24.3 Å². The third-order valence-electron chi connectivity index (χ3n) is 6.38. The fourth-order valence-electron chi connectivity index (χ4n) is 4.21. The smallest absolute Gasteiger partial charge is 0.418 e. The van der Waals surface area contributed by atoms with E-state index in [1.807, 2.05) is 0 Å². The first-order valence-electron chi connectivity index (χ1n) is 11.9. The molecule has 1 saturated heterocycles. The van der Waals surface area contributed by atoms with Crippen LogP contribution in [0.1, 0.15) is 39.9 Å². The van der Waals surface area contributed by atoms with Crippen molar-refractivity contribution in [3.63, 3.8) is 0 Å². The standard InChI is InChI=1S/C27H27F3N4O4/c1-17-3-8-22(21(11-17)27(28,29)30)34-20-6-4-18(5-7-20)13-31-24(36)26(9-10-38-16-26)12-23(35)19-14-32-25(37-2)33-15-19/h3-8,11,14-15,34H,9-10,12-13,16H2,1-2H3,(H,31,36)/t26-/m0/s1. The van der Waals surface area contributed by atoms with Gasteiger partial charge in [0.15, 0.2) is 5.78 Å². The predicted molar refractivity (Wildman–Crippen MR) is 133 cm³/mol. The topological polar surface area (TPSA) is 102 Å². The lowest BCUT2D eigenvalue weighted by Gasteiger charge is -2.25. The summed E-state index contributed by atoms with van der Waals surface area (Å²) in [5.41, 5.74) is 0.203. The molecule has 0 unspecified atom stereocenters. The lowest BCUT2D eigenvalue weighted by Crippen LogP contribution is -2.42. The summed E-state index contributed by atoms with van der Waals surface area (Å²) in [6.45, 7) is 2.26. The zero-order valence-corrected chi connectivity index (χ0v) is 20.9. The van der Waals surface area contributed by atoms with E-state index >= 15 is 0 Å². The molecule has 1 fully saturated rings. The summed E-state index contributed by atoms with van der Waals surface area (Å²) in [6.07, 6.45) is -1.43. The number of nitrogens with zero attached hydrogens (tertiary/aromatic N) is 2. The van der Waals surface area contributed by atoms with Crippen LogP contribution in [-0.4, -0.2) is 42.0 Å². The van der Waals surface area contributed by atoms with Gasteiger partial charge >= 0.3 is 12.2 Å². The van der Waals surface area contributed by atoms with Gasteiger partial charge in [-0.2, -0.15) is 13.2 Å². The monoisotopic (exact) mass is 528 g/mol. The predicted octanol–water partition coefficient (Wildman–Crippen LogP) is 4.85. The number of halogens is 3. The Kier molecular flexibility index (Phi) is 7.96. The molecule has 0 saturated carbocycles. The van der Waals surface area contributed by atoms with Crippen LogP contribution in [0.5, 0.6) is 6.01 Å². The normalized spacial score (nSPS) is 17.2. The van der Waals surface area contributed by atoms with E-state index in [4.69, 9.17) is 9.47 Å². The molecule has 200 valence electrons. The number of aryl methyl sites for hydroxylation is 1. The van der Waals surface area contributed by atoms with Crippen molar-refractivity contribution in [1.29, 1.82) is 0 Å². The molecule has 0 aliphatic carbocycles. The average Bonchev–Trinajstić information content (AvgIpc) is 3.38. The minimum absolute atomic E-state index is 0.0424. The largest absolute Gasteiger partial charge is 0.467 e. The average molecular weight is 529 g/mol. The van der Waals surface area contributed by atoms with Gasteiger partial charge in [-0.15, -0.1) is 0 Å². The number of carbonyl (C=O) groups excluding carboxylic acids is 2. The number of ketones is 1. The summed E-state index contributed by atoms with van der Waals surface area (Å²) in [6, 6.07) is 10.9. The van der Waals surface area contributed by atoms with E-state index in [1.165, 1.54) is 25.6 Å². The quantitative estimate of drug-likeness (QED) is 0.383. The molecule has 1 aromatic heterocycles. The number of carbonyl (C=O) groups is 2. The lowest BCUT2D eigenvalue weighted by atomic mass is 9.80. The van der Waals surface area contributed by atoms with Gasteiger partial charge in [0.2, 0.25) is 5.91 Å². The summed E-state index contributed by atoms with van der Waals surface area (Å²) < 4.78 is 50.6. The Labute approximate surface area is 217 Å². The fraction of sp³-hybridized carbons (Fsp3) is 0.333. The number of amides is 1. The Hall–Kier alpha value is -3.99. The number of alkyl halides is 3. The number of anilines is 2. The maximum Gasteiger partial charge on any atom is 0.418 e. The maximum atomic E-state index is 13.4. The molecule has 2 N–H and O–H groups in total. The van der Waals surface area contributed by atoms with Crippen LogP contribution < -0.4 is 15.4 Å². The van der Waals surface area contributed by atoms with Gasteiger partial charge in [-0.05, 0) is 43.2 Å². The number of Topliss-reactive ketones (excluding diaryl/α,β-unsaturated/α-hetero) is 1. The lowest BCUT2D eigenvalue weighted by molar-refractivity contribution is -0.137. The number of benzene rings is 2. The Morgan fingerprint density at radius 3 is 2.42 bits per heavy atom. The number of methoxy groups -OCH3 is 1. The molecule has 8 nitrogen and oxygen atoms in total. The molecule has 1 aliphatic rings. The van der Waals surface area contributed by atoms with Crippen LogP contribution >= 0.6 is 0 Å². The number of hydrogen-bond donors (Lipinski definition) is 2. The first-order valence-corrected chi connectivity index (χ1v) is 11.9. The molecular weight excluding hydrogens is 501 g/mol. The van der Waals surface area contributed by atoms with E-state index in [0.717, 1.165) is 11.6 Å². The molecule has 38 heavy (non-hydrogen) atoms. The highest BCUT2D eigenvalue weighted by molar-refractivity contribution is 5.99. The van der Waals surface area contributed by atoms with Gasteiger partial charge < -0.3 is 20.1 Å². The Bertz CT molecular complexity index is 1290. The summed E-state index contributed by atoms with van der Waals surface area (Å²) in [5.74, 6) is -0.590. The van der Waals surface area contributed by atoms with Crippen molar-refractivity contribution in [2.75, 3.05) is 25.6 Å². The zero-order valence-electron chi connectivity index (χ0n) is 20.9. The maximum absolute atomic E-state index is 13.4. The molecule has 0 radical (unpaired) electrons. The number of nitrogens with one attached hydrogen (secondary N) is 2. The minimum atomic E-state index is -4.49. The molecule has 0 bridgehead atoms. The fourth-order valence-corrected chi connectivity index (χ4v) is 4.21. The SMILES string of the molecule is COc1ncc(C(=O)C[C@@]2(C(=O)NCc3ccc(Nc4ccc(C)cc4C(F)(F)F)cc3)CCOC2)cn1. The summed E-state index contributed by atoms with van der Waals surface area (Å²) in [7, 11) is 1.42. The van der Waals surface area contributed by atoms with Gasteiger partial charge in [-0.25, -0.2) is 9.97 Å². The molecule has 2 aromatic carbocycles. The van der Waals surface area contributed by atoms with Crippen molar-refractivity contribution in [2.45, 2.75) is 32.5 Å². The van der Waals surface area contributed by atoms with Gasteiger partial charge in [0.1, 0.15) is 0 Å². The summed E-state index contributed by atoms with van der Waals surface area (Å²) in [4.78, 5) is 33.9.